The maximum Gasteiger partial charge on any atom is 0.252 e. The predicted molar refractivity (Wildman–Crippen MR) is 132 cm³/mol. The number of aromatic nitrogens is 5. The van der Waals surface area contributed by atoms with Gasteiger partial charge in [-0.05, 0) is 86.0 Å². The summed E-state index contributed by atoms with van der Waals surface area (Å²) >= 11 is 0. The summed E-state index contributed by atoms with van der Waals surface area (Å²) < 4.78 is 1.95. The van der Waals surface area contributed by atoms with Gasteiger partial charge in [0.2, 0.25) is 0 Å². The summed E-state index contributed by atoms with van der Waals surface area (Å²) in [7, 11) is 0. The van der Waals surface area contributed by atoms with Crippen LogP contribution in [0.5, 0.6) is 0 Å². The zero-order valence-electron chi connectivity index (χ0n) is 20.8. The molecule has 0 aliphatic heterocycles. The second kappa shape index (κ2) is 9.75. The lowest BCUT2D eigenvalue weighted by Crippen LogP contribution is -2.42. The lowest BCUT2D eigenvalue weighted by atomic mass is 9.92. The minimum absolute atomic E-state index is 0.00201. The molecule has 2 heterocycles. The van der Waals surface area contributed by atoms with E-state index in [1.54, 1.807) is 0 Å². The summed E-state index contributed by atoms with van der Waals surface area (Å²) in [6.07, 6.45) is 7.92. The van der Waals surface area contributed by atoms with E-state index in [0.717, 1.165) is 48.0 Å². The molecule has 178 valence electrons. The van der Waals surface area contributed by atoms with Gasteiger partial charge in [-0.2, -0.15) is 0 Å². The molecular formula is C26H38N6O. The zero-order valence-corrected chi connectivity index (χ0v) is 20.8. The van der Waals surface area contributed by atoms with Crippen LogP contribution in [0.15, 0.2) is 29.1 Å². The van der Waals surface area contributed by atoms with Crippen LogP contribution in [0, 0.1) is 0 Å². The van der Waals surface area contributed by atoms with Crippen LogP contribution >= 0.6 is 0 Å². The van der Waals surface area contributed by atoms with Crippen LogP contribution in [0.25, 0.3) is 10.9 Å². The van der Waals surface area contributed by atoms with E-state index in [1.165, 1.54) is 24.8 Å². The van der Waals surface area contributed by atoms with Gasteiger partial charge in [-0.1, -0.05) is 39.2 Å². The normalized spacial score (nSPS) is 16.5. The minimum atomic E-state index is -0.207. The van der Waals surface area contributed by atoms with Crippen molar-refractivity contribution in [2.45, 2.75) is 104 Å². The zero-order chi connectivity index (χ0) is 23.6. The second-order valence-electron chi connectivity index (χ2n) is 10.4. The van der Waals surface area contributed by atoms with E-state index in [2.05, 4.69) is 78.2 Å². The third kappa shape index (κ3) is 5.03. The number of hydrogen-bond donors (Lipinski definition) is 1. The van der Waals surface area contributed by atoms with E-state index in [0.29, 0.717) is 12.6 Å². The average Bonchev–Trinajstić information content (AvgIpc) is 3.30. The fourth-order valence-corrected chi connectivity index (χ4v) is 5.19. The summed E-state index contributed by atoms with van der Waals surface area (Å²) in [4.78, 5) is 18.7. The summed E-state index contributed by atoms with van der Waals surface area (Å²) in [6.45, 7) is 11.3. The quantitative estimate of drug-likeness (QED) is 0.540. The Morgan fingerprint density at radius 3 is 2.58 bits per heavy atom. The highest BCUT2D eigenvalue weighted by molar-refractivity contribution is 5.79. The molecule has 4 rings (SSSR count). The van der Waals surface area contributed by atoms with Crippen molar-refractivity contribution in [2.75, 3.05) is 0 Å². The Hall–Kier alpha value is -2.54. The van der Waals surface area contributed by atoms with Gasteiger partial charge < -0.3 is 4.98 Å². The molecular weight excluding hydrogens is 412 g/mol. The highest BCUT2D eigenvalue weighted by atomic mass is 16.1. The molecule has 1 N–H and O–H groups in total. The molecule has 7 heteroatoms. The number of H-pyrrole nitrogens is 1. The van der Waals surface area contributed by atoms with Crippen molar-refractivity contribution in [3.8, 4) is 0 Å². The highest BCUT2D eigenvalue weighted by Crippen LogP contribution is 2.34. The van der Waals surface area contributed by atoms with Gasteiger partial charge in [-0.3, -0.25) is 9.69 Å². The highest BCUT2D eigenvalue weighted by Gasteiger charge is 2.33. The maximum absolute atomic E-state index is 13.1. The van der Waals surface area contributed by atoms with Gasteiger partial charge in [0.1, 0.15) is 0 Å². The fraction of sp³-hybridized carbons (Fsp3) is 0.615. The van der Waals surface area contributed by atoms with E-state index < -0.39 is 0 Å². The number of fused-ring (bicyclic) bond motifs is 1. The molecule has 1 atom stereocenters. The van der Waals surface area contributed by atoms with Gasteiger partial charge in [0.15, 0.2) is 5.82 Å². The molecule has 1 saturated carbocycles. The molecule has 0 saturated heterocycles. The molecule has 1 fully saturated rings. The summed E-state index contributed by atoms with van der Waals surface area (Å²) in [5.41, 5.74) is 2.78. The van der Waals surface area contributed by atoms with Crippen LogP contribution in [0.1, 0.15) is 96.1 Å². The monoisotopic (exact) mass is 450 g/mol. The Balaban J connectivity index is 1.76. The SMILES string of the molecule is CCc1ccc2[nH]c(=O)c(CN(C3CCCCC3)[C@H](CC)c3nnnn3C(C)(C)C)cc2c1. The largest absolute Gasteiger partial charge is 0.322 e. The number of pyridine rings is 1. The fourth-order valence-electron chi connectivity index (χ4n) is 5.19. The van der Waals surface area contributed by atoms with Gasteiger partial charge in [0.05, 0.1) is 11.6 Å². The van der Waals surface area contributed by atoms with Crippen molar-refractivity contribution >= 4 is 10.9 Å². The molecule has 0 bridgehead atoms. The van der Waals surface area contributed by atoms with Gasteiger partial charge >= 0.3 is 0 Å². The molecule has 0 radical (unpaired) electrons. The Morgan fingerprint density at radius 2 is 1.91 bits per heavy atom. The first-order valence-corrected chi connectivity index (χ1v) is 12.5. The molecule has 7 nitrogen and oxygen atoms in total. The van der Waals surface area contributed by atoms with Crippen LogP contribution in [0.4, 0.5) is 0 Å². The summed E-state index contributed by atoms with van der Waals surface area (Å²) in [5.74, 6) is 0.890. The number of benzene rings is 1. The number of nitrogens with one attached hydrogen (secondary N) is 1. The number of hydrogen-bond acceptors (Lipinski definition) is 5. The number of aromatic amines is 1. The van der Waals surface area contributed by atoms with Crippen molar-refractivity contribution in [1.29, 1.82) is 0 Å². The standard InChI is InChI=1S/C26H38N6O/c1-6-18-13-14-22-19(15-18)16-20(25(33)27-22)17-31(21-11-9-8-10-12-21)23(7-2)24-28-29-30-32(24)26(3,4)5/h13-16,21,23H,6-12,17H2,1-5H3,(H,27,33)/t23-/m1/s1. The van der Waals surface area contributed by atoms with Crippen LogP contribution < -0.4 is 5.56 Å². The maximum atomic E-state index is 13.1. The third-order valence-electron chi connectivity index (χ3n) is 7.00. The Bertz CT molecular complexity index is 1140. The Kier molecular flexibility index (Phi) is 6.98. The Morgan fingerprint density at radius 1 is 1.15 bits per heavy atom. The average molecular weight is 451 g/mol. The van der Waals surface area contributed by atoms with E-state index in [4.69, 9.17) is 0 Å². The number of aryl methyl sites for hydroxylation is 1. The topological polar surface area (TPSA) is 79.7 Å². The van der Waals surface area contributed by atoms with Gasteiger partial charge in [0, 0.05) is 23.7 Å². The van der Waals surface area contributed by atoms with Crippen molar-refractivity contribution in [3.05, 3.63) is 51.6 Å². The molecule has 33 heavy (non-hydrogen) atoms. The van der Waals surface area contributed by atoms with Crippen LogP contribution in [-0.2, 0) is 18.5 Å². The van der Waals surface area contributed by atoms with Crippen molar-refractivity contribution < 1.29 is 0 Å². The van der Waals surface area contributed by atoms with Gasteiger partial charge in [-0.25, -0.2) is 4.68 Å². The van der Waals surface area contributed by atoms with Crippen molar-refractivity contribution in [2.24, 2.45) is 0 Å². The molecule has 1 aromatic carbocycles. The van der Waals surface area contributed by atoms with Crippen LogP contribution in [0.3, 0.4) is 0 Å². The molecule has 0 amide bonds. The molecule has 1 aliphatic carbocycles. The van der Waals surface area contributed by atoms with Gasteiger partial charge in [0.25, 0.3) is 5.56 Å². The molecule has 3 aromatic rings. The van der Waals surface area contributed by atoms with Crippen molar-refractivity contribution in [3.63, 3.8) is 0 Å². The minimum Gasteiger partial charge on any atom is -0.322 e. The second-order valence-corrected chi connectivity index (χ2v) is 10.4. The predicted octanol–water partition coefficient (Wildman–Crippen LogP) is 5.12. The van der Waals surface area contributed by atoms with Crippen LogP contribution in [0.2, 0.25) is 0 Å². The number of nitrogens with zero attached hydrogens (tertiary/aromatic N) is 5. The lowest BCUT2D eigenvalue weighted by molar-refractivity contribution is 0.0810. The van der Waals surface area contributed by atoms with E-state index in [-0.39, 0.29) is 17.1 Å². The smallest absolute Gasteiger partial charge is 0.252 e. The molecule has 0 spiro atoms. The first-order chi connectivity index (χ1) is 15.8. The first-order valence-electron chi connectivity index (χ1n) is 12.5. The summed E-state index contributed by atoms with van der Waals surface area (Å²) in [6, 6.07) is 8.86. The van der Waals surface area contributed by atoms with E-state index in [9.17, 15) is 4.79 Å². The van der Waals surface area contributed by atoms with E-state index in [1.807, 2.05) is 10.7 Å². The van der Waals surface area contributed by atoms with Crippen molar-refractivity contribution in [1.82, 2.24) is 30.1 Å². The third-order valence-corrected chi connectivity index (χ3v) is 7.00. The molecule has 1 aliphatic rings. The van der Waals surface area contributed by atoms with Crippen LogP contribution in [-0.4, -0.2) is 36.1 Å². The van der Waals surface area contributed by atoms with E-state index >= 15 is 0 Å². The first kappa shape index (κ1) is 23.6. The summed E-state index contributed by atoms with van der Waals surface area (Å²) in [5, 5.41) is 13.9. The number of rotatable bonds is 7. The molecule has 0 unspecified atom stereocenters. The van der Waals surface area contributed by atoms with Gasteiger partial charge in [-0.15, -0.1) is 5.10 Å². The lowest BCUT2D eigenvalue weighted by Gasteiger charge is -2.39. The Labute approximate surface area is 196 Å². The molecule has 2 aromatic heterocycles. The number of tetrazole rings is 1.